The Morgan fingerprint density at radius 2 is 1.47 bits per heavy atom. The predicted octanol–water partition coefficient (Wildman–Crippen LogP) is -5.51. The molecule has 0 bridgehead atoms. The van der Waals surface area contributed by atoms with Gasteiger partial charge in [-0.2, -0.15) is 8.42 Å². The van der Waals surface area contributed by atoms with Crippen LogP contribution in [0.2, 0.25) is 0 Å². The molecule has 0 aromatic heterocycles. The van der Waals surface area contributed by atoms with E-state index in [0.29, 0.717) is 5.96 Å². The van der Waals surface area contributed by atoms with Crippen LogP contribution in [-0.2, 0) is 10.4 Å². The van der Waals surface area contributed by atoms with Crippen molar-refractivity contribution in [3.63, 3.8) is 0 Å². The minimum atomic E-state index is -4.67. The van der Waals surface area contributed by atoms with Crippen molar-refractivity contribution in [3.05, 3.63) is 0 Å². The molecule has 0 rings (SSSR count). The highest BCUT2D eigenvalue weighted by Gasteiger charge is 1.84. The second-order valence-corrected chi connectivity index (χ2v) is 2.77. The Labute approximate surface area is 87.6 Å². The number of hydrogen-bond donors (Lipinski definition) is 7. The molecule has 12 N–H and O–H groups in total. The SMILES string of the molecule is CN=C(N)N.C[NH+]=C(N)[NH3+].O=S(=O)(O)O. The molecule has 0 aliphatic heterocycles. The van der Waals surface area contributed by atoms with Gasteiger partial charge in [-0.1, -0.05) is 0 Å². The van der Waals surface area contributed by atoms with Gasteiger partial charge in [-0.3, -0.25) is 19.8 Å². The zero-order chi connectivity index (χ0) is 13.1. The number of nitrogens with zero attached hydrogens (tertiary/aromatic N) is 1. The average molecular weight is 246 g/mol. The van der Waals surface area contributed by atoms with Crippen molar-refractivity contribution in [2.24, 2.45) is 22.2 Å². The van der Waals surface area contributed by atoms with Crippen LogP contribution in [0.3, 0.4) is 0 Å². The van der Waals surface area contributed by atoms with Gasteiger partial charge in [-0.25, -0.2) is 10.7 Å². The normalized spacial score (nSPS) is 10.1. The number of hydrogen-bond acceptors (Lipinski definition) is 3. The summed E-state index contributed by atoms with van der Waals surface area (Å²) < 4.78 is 31.6. The lowest BCUT2D eigenvalue weighted by Crippen LogP contribution is -2.86. The van der Waals surface area contributed by atoms with Crippen LogP contribution < -0.4 is 27.9 Å². The average Bonchev–Trinajstić information content (AvgIpc) is 2.02. The summed E-state index contributed by atoms with van der Waals surface area (Å²) in [5, 5.41) is 0. The van der Waals surface area contributed by atoms with Crippen molar-refractivity contribution in [1.82, 2.24) is 0 Å². The van der Waals surface area contributed by atoms with Crippen LogP contribution in [0.15, 0.2) is 4.99 Å². The third-order valence-electron chi connectivity index (χ3n) is 0.579. The third-order valence-corrected chi connectivity index (χ3v) is 0.579. The fourth-order valence-corrected chi connectivity index (χ4v) is 0. The summed E-state index contributed by atoms with van der Waals surface area (Å²) in [4.78, 5) is 5.97. The number of nitrogens with two attached hydrogens (primary N) is 3. The Morgan fingerprint density at radius 3 is 1.47 bits per heavy atom. The van der Waals surface area contributed by atoms with E-state index < -0.39 is 10.4 Å². The molecule has 0 fully saturated rings. The molecule has 0 saturated heterocycles. The van der Waals surface area contributed by atoms with E-state index in [1.807, 2.05) is 0 Å². The van der Waals surface area contributed by atoms with Crippen molar-refractivity contribution < 1.29 is 28.2 Å². The van der Waals surface area contributed by atoms with Gasteiger partial charge in [-0.05, 0) is 0 Å². The maximum atomic E-state index is 8.74. The standard InChI is InChI=1S/2C2H7N3.H2O4S/c2*1-5-2(3)4;1-5(2,3)4/h2*1H3,(H4,3,4,5);(H2,1,2,3,4)/p+2. The Morgan fingerprint density at radius 1 is 1.33 bits per heavy atom. The molecule has 0 unspecified atom stereocenters. The van der Waals surface area contributed by atoms with E-state index in [-0.39, 0.29) is 5.96 Å². The molecular weight excluding hydrogens is 228 g/mol. The Balaban J connectivity index is -0.000000144. The molecule has 0 aromatic carbocycles. The van der Waals surface area contributed by atoms with Crippen LogP contribution in [0.1, 0.15) is 0 Å². The molecule has 0 aliphatic rings. The molecule has 0 amide bonds. The second-order valence-electron chi connectivity index (χ2n) is 1.87. The molecular formula is C4H18N6O4S+2. The Hall–Kier alpha value is -1.43. The van der Waals surface area contributed by atoms with Crippen LogP contribution in [0, 0.1) is 0 Å². The minimum Gasteiger partial charge on any atom is -0.370 e. The minimum absolute atomic E-state index is 0.130. The molecule has 11 heteroatoms. The van der Waals surface area contributed by atoms with Crippen molar-refractivity contribution in [2.45, 2.75) is 0 Å². The molecule has 0 radical (unpaired) electrons. The van der Waals surface area contributed by atoms with Gasteiger partial charge in [0.2, 0.25) is 0 Å². The summed E-state index contributed by atoms with van der Waals surface area (Å²) in [6.45, 7) is 0. The summed E-state index contributed by atoms with van der Waals surface area (Å²) in [5.41, 5.74) is 18.0. The van der Waals surface area contributed by atoms with Gasteiger partial charge in [0.05, 0.1) is 7.05 Å². The van der Waals surface area contributed by atoms with Crippen LogP contribution in [0.25, 0.3) is 0 Å². The predicted molar refractivity (Wildman–Crippen MR) is 54.9 cm³/mol. The van der Waals surface area contributed by atoms with E-state index in [0.717, 1.165) is 0 Å². The Kier molecular flexibility index (Phi) is 13.6. The summed E-state index contributed by atoms with van der Waals surface area (Å²) in [7, 11) is -1.41. The quantitative estimate of drug-likeness (QED) is 0.125. The molecule has 0 spiro atoms. The highest BCUT2D eigenvalue weighted by molar-refractivity contribution is 7.79. The molecule has 0 aromatic rings. The van der Waals surface area contributed by atoms with E-state index in [4.69, 9.17) is 34.7 Å². The highest BCUT2D eigenvalue weighted by Crippen LogP contribution is 1.59. The lowest BCUT2D eigenvalue weighted by atomic mass is 11.1. The van der Waals surface area contributed by atoms with Gasteiger partial charge >= 0.3 is 16.4 Å². The summed E-state index contributed by atoms with van der Waals surface area (Å²) in [6.07, 6.45) is 0. The third kappa shape index (κ3) is 213. The van der Waals surface area contributed by atoms with E-state index in [1.165, 1.54) is 7.05 Å². The molecule has 92 valence electrons. The summed E-state index contributed by atoms with van der Waals surface area (Å²) in [6, 6.07) is 0. The van der Waals surface area contributed by atoms with Crippen molar-refractivity contribution in [1.29, 1.82) is 0 Å². The summed E-state index contributed by atoms with van der Waals surface area (Å²) >= 11 is 0. The zero-order valence-electron chi connectivity index (χ0n) is 8.51. The van der Waals surface area contributed by atoms with Gasteiger partial charge in [0.1, 0.15) is 0 Å². The molecule has 15 heavy (non-hydrogen) atoms. The van der Waals surface area contributed by atoms with Gasteiger partial charge in [0.15, 0.2) is 5.96 Å². The van der Waals surface area contributed by atoms with Crippen LogP contribution in [-0.4, -0.2) is 43.5 Å². The molecule has 0 heterocycles. The van der Waals surface area contributed by atoms with Gasteiger partial charge < -0.3 is 11.5 Å². The van der Waals surface area contributed by atoms with Crippen molar-refractivity contribution in [3.8, 4) is 0 Å². The molecule has 10 nitrogen and oxygen atoms in total. The topological polar surface area (TPSA) is 207 Å². The van der Waals surface area contributed by atoms with E-state index in [2.05, 4.69) is 15.7 Å². The first-order chi connectivity index (χ1) is 6.54. The number of quaternary nitrogens is 1. The molecule has 0 saturated carbocycles. The van der Waals surface area contributed by atoms with Gasteiger partial charge in [0.25, 0.3) is 0 Å². The lowest BCUT2D eigenvalue weighted by Gasteiger charge is -1.77. The summed E-state index contributed by atoms with van der Waals surface area (Å²) in [5.74, 6) is 0.634. The van der Waals surface area contributed by atoms with Crippen LogP contribution in [0.5, 0.6) is 0 Å². The van der Waals surface area contributed by atoms with Crippen molar-refractivity contribution >= 4 is 22.3 Å². The largest absolute Gasteiger partial charge is 0.434 e. The lowest BCUT2D eigenvalue weighted by molar-refractivity contribution is -0.475. The second kappa shape index (κ2) is 10.6. The number of nitrogens with one attached hydrogen (secondary N) is 1. The van der Waals surface area contributed by atoms with E-state index >= 15 is 0 Å². The maximum absolute atomic E-state index is 8.74. The van der Waals surface area contributed by atoms with Crippen LogP contribution in [0.4, 0.5) is 0 Å². The first kappa shape index (κ1) is 19.2. The number of rotatable bonds is 0. The first-order valence-electron chi connectivity index (χ1n) is 3.34. The number of guanidine groups is 2. The monoisotopic (exact) mass is 246 g/mol. The van der Waals surface area contributed by atoms with Gasteiger partial charge in [-0.15, -0.1) is 0 Å². The molecule has 0 atom stereocenters. The van der Waals surface area contributed by atoms with E-state index in [9.17, 15) is 0 Å². The first-order valence-corrected chi connectivity index (χ1v) is 4.74. The van der Waals surface area contributed by atoms with Crippen molar-refractivity contribution in [2.75, 3.05) is 14.1 Å². The Bertz CT molecular complexity index is 264. The number of aliphatic imine (C=N–C) groups is 1. The van der Waals surface area contributed by atoms with Gasteiger partial charge in [0, 0.05) is 7.05 Å². The molecule has 0 aliphatic carbocycles. The fourth-order valence-electron chi connectivity index (χ4n) is 0. The highest BCUT2D eigenvalue weighted by atomic mass is 32.3. The smallest absolute Gasteiger partial charge is 0.370 e. The van der Waals surface area contributed by atoms with Crippen LogP contribution >= 0.6 is 0 Å². The fraction of sp³-hybridized carbons (Fsp3) is 0.500. The maximum Gasteiger partial charge on any atom is 0.434 e. The van der Waals surface area contributed by atoms with E-state index in [1.54, 1.807) is 7.05 Å². The zero-order valence-corrected chi connectivity index (χ0v) is 9.32.